The Labute approximate surface area is 219 Å². The van der Waals surface area contributed by atoms with Crippen molar-refractivity contribution in [1.82, 2.24) is 15.1 Å². The van der Waals surface area contributed by atoms with Crippen LogP contribution in [0.5, 0.6) is 11.5 Å². The lowest BCUT2D eigenvalue weighted by Crippen LogP contribution is -2.44. The number of halogens is 2. The number of likely N-dealkylation sites (tertiary alicyclic amines) is 1. The standard InChI is InChI=1S/C28H31F2N3O5/c1-16(34)33-14-20(19-6-8-24(38-28(29)30)25(11-19)37-15-17-3-4-17)10-23(33)26(35)31-12-18-5-7-22-21(9-18)13-32(2)27(22)36/h5-9,11,17,20,23,28H,3-4,10,12-15H2,1-2H3,(H,31,35). The molecule has 2 unspecified atom stereocenters. The molecular formula is C28H31F2N3O5. The smallest absolute Gasteiger partial charge is 0.387 e. The molecule has 10 heteroatoms. The van der Waals surface area contributed by atoms with Gasteiger partial charge >= 0.3 is 6.61 Å². The van der Waals surface area contributed by atoms with Crippen LogP contribution in [-0.4, -0.2) is 60.4 Å². The highest BCUT2D eigenvalue weighted by Gasteiger charge is 2.39. The number of nitrogens with zero attached hydrogens (tertiary/aromatic N) is 2. The van der Waals surface area contributed by atoms with Gasteiger partial charge in [0.25, 0.3) is 5.91 Å². The molecule has 8 nitrogen and oxygen atoms in total. The van der Waals surface area contributed by atoms with Crippen LogP contribution in [-0.2, 0) is 22.7 Å². The van der Waals surface area contributed by atoms with Crippen LogP contribution in [0.15, 0.2) is 36.4 Å². The van der Waals surface area contributed by atoms with Gasteiger partial charge in [-0.2, -0.15) is 8.78 Å². The van der Waals surface area contributed by atoms with Gasteiger partial charge in [-0.1, -0.05) is 18.2 Å². The molecule has 0 aromatic heterocycles. The van der Waals surface area contributed by atoms with Crippen LogP contribution in [0.2, 0.25) is 0 Å². The van der Waals surface area contributed by atoms with E-state index < -0.39 is 12.7 Å². The van der Waals surface area contributed by atoms with Gasteiger partial charge in [0.1, 0.15) is 6.04 Å². The summed E-state index contributed by atoms with van der Waals surface area (Å²) in [6, 6.07) is 9.70. The third kappa shape index (κ3) is 5.58. The fourth-order valence-electron chi connectivity index (χ4n) is 5.19. The first-order valence-electron chi connectivity index (χ1n) is 12.8. The number of ether oxygens (including phenoxy) is 2. The number of fused-ring (bicyclic) bond motifs is 1. The van der Waals surface area contributed by atoms with Gasteiger partial charge in [0.05, 0.1) is 6.61 Å². The molecule has 3 amide bonds. The molecule has 1 aliphatic carbocycles. The van der Waals surface area contributed by atoms with Crippen molar-refractivity contribution in [3.05, 3.63) is 58.7 Å². The van der Waals surface area contributed by atoms with Crippen LogP contribution in [0.25, 0.3) is 0 Å². The van der Waals surface area contributed by atoms with Crippen LogP contribution in [0.3, 0.4) is 0 Å². The second kappa shape index (κ2) is 10.6. The summed E-state index contributed by atoms with van der Waals surface area (Å²) in [5.74, 6) is -0.00792. The number of nitrogens with one attached hydrogen (secondary N) is 1. The highest BCUT2D eigenvalue weighted by molar-refractivity contribution is 5.98. The zero-order chi connectivity index (χ0) is 27.0. The van der Waals surface area contributed by atoms with E-state index in [0.29, 0.717) is 37.6 Å². The Morgan fingerprint density at radius 3 is 2.63 bits per heavy atom. The molecule has 2 fully saturated rings. The predicted octanol–water partition coefficient (Wildman–Crippen LogP) is 3.68. The molecule has 2 heterocycles. The molecule has 38 heavy (non-hydrogen) atoms. The van der Waals surface area contributed by atoms with Gasteiger partial charge in [0.15, 0.2) is 11.5 Å². The number of carbonyl (C=O) groups is 3. The quantitative estimate of drug-likeness (QED) is 0.538. The van der Waals surface area contributed by atoms with E-state index in [-0.39, 0.29) is 41.7 Å². The summed E-state index contributed by atoms with van der Waals surface area (Å²) in [5.41, 5.74) is 3.27. The fraction of sp³-hybridized carbons (Fsp3) is 0.464. The lowest BCUT2D eigenvalue weighted by molar-refractivity contribution is -0.136. The molecule has 5 rings (SSSR count). The molecule has 2 aromatic carbocycles. The van der Waals surface area contributed by atoms with E-state index in [4.69, 9.17) is 4.74 Å². The van der Waals surface area contributed by atoms with E-state index in [0.717, 1.165) is 29.5 Å². The lowest BCUT2D eigenvalue weighted by Gasteiger charge is -2.22. The fourth-order valence-corrected chi connectivity index (χ4v) is 5.19. The van der Waals surface area contributed by atoms with Crippen molar-refractivity contribution in [1.29, 1.82) is 0 Å². The van der Waals surface area contributed by atoms with Gasteiger partial charge in [-0.05, 0) is 60.1 Å². The third-order valence-electron chi connectivity index (χ3n) is 7.46. The monoisotopic (exact) mass is 527 g/mol. The highest BCUT2D eigenvalue weighted by Crippen LogP contribution is 2.39. The average Bonchev–Trinajstić information content (AvgIpc) is 3.53. The number of benzene rings is 2. The molecule has 2 aromatic rings. The Balaban J connectivity index is 1.27. The van der Waals surface area contributed by atoms with E-state index in [9.17, 15) is 23.2 Å². The third-order valence-corrected chi connectivity index (χ3v) is 7.46. The van der Waals surface area contributed by atoms with Crippen molar-refractivity contribution in [3.8, 4) is 11.5 Å². The van der Waals surface area contributed by atoms with Crippen molar-refractivity contribution in [2.75, 3.05) is 20.2 Å². The molecule has 2 aliphatic heterocycles. The number of rotatable bonds is 9. The molecular weight excluding hydrogens is 496 g/mol. The Morgan fingerprint density at radius 2 is 1.92 bits per heavy atom. The van der Waals surface area contributed by atoms with Gasteiger partial charge in [0.2, 0.25) is 11.8 Å². The van der Waals surface area contributed by atoms with Gasteiger partial charge in [-0.25, -0.2) is 0 Å². The molecule has 0 bridgehead atoms. The van der Waals surface area contributed by atoms with E-state index in [1.807, 2.05) is 12.1 Å². The summed E-state index contributed by atoms with van der Waals surface area (Å²) in [6.45, 7) is 0.0367. The summed E-state index contributed by atoms with van der Waals surface area (Å²) in [6.07, 6.45) is 2.50. The van der Waals surface area contributed by atoms with Gasteiger partial charge in [-0.15, -0.1) is 0 Å². The van der Waals surface area contributed by atoms with Gasteiger partial charge in [-0.3, -0.25) is 14.4 Å². The summed E-state index contributed by atoms with van der Waals surface area (Å²) in [7, 11) is 1.75. The molecule has 1 saturated carbocycles. The Bertz CT molecular complexity index is 1250. The maximum Gasteiger partial charge on any atom is 0.387 e. The maximum atomic E-state index is 13.2. The lowest BCUT2D eigenvalue weighted by atomic mass is 9.95. The molecule has 1 saturated heterocycles. The van der Waals surface area contributed by atoms with Crippen LogP contribution in [0, 0.1) is 5.92 Å². The van der Waals surface area contributed by atoms with Crippen LogP contribution in [0.4, 0.5) is 8.78 Å². The minimum absolute atomic E-state index is 0.0143. The first kappa shape index (κ1) is 25.9. The Morgan fingerprint density at radius 1 is 1.13 bits per heavy atom. The average molecular weight is 528 g/mol. The number of amides is 3. The normalized spacial score (nSPS) is 20.6. The molecule has 3 aliphatic rings. The number of hydrogen-bond donors (Lipinski definition) is 1. The molecule has 0 radical (unpaired) electrons. The van der Waals surface area contributed by atoms with E-state index in [1.54, 1.807) is 35.0 Å². The van der Waals surface area contributed by atoms with Crippen molar-refractivity contribution in [2.24, 2.45) is 5.92 Å². The minimum Gasteiger partial charge on any atom is -0.489 e. The van der Waals surface area contributed by atoms with E-state index in [2.05, 4.69) is 10.1 Å². The van der Waals surface area contributed by atoms with Crippen molar-refractivity contribution in [2.45, 2.75) is 57.8 Å². The summed E-state index contributed by atoms with van der Waals surface area (Å²) < 4.78 is 36.2. The zero-order valence-electron chi connectivity index (χ0n) is 21.4. The van der Waals surface area contributed by atoms with Crippen molar-refractivity contribution >= 4 is 17.7 Å². The molecule has 0 spiro atoms. The van der Waals surface area contributed by atoms with E-state index >= 15 is 0 Å². The molecule has 2 atom stereocenters. The second-order valence-electron chi connectivity index (χ2n) is 10.3. The number of hydrogen-bond acceptors (Lipinski definition) is 5. The van der Waals surface area contributed by atoms with Crippen LogP contribution < -0.4 is 14.8 Å². The molecule has 1 N–H and O–H groups in total. The predicted molar refractivity (Wildman–Crippen MR) is 134 cm³/mol. The second-order valence-corrected chi connectivity index (χ2v) is 10.3. The highest BCUT2D eigenvalue weighted by atomic mass is 19.3. The zero-order valence-corrected chi connectivity index (χ0v) is 21.4. The largest absolute Gasteiger partial charge is 0.489 e. The topological polar surface area (TPSA) is 88.2 Å². The van der Waals surface area contributed by atoms with E-state index in [1.165, 1.54) is 13.0 Å². The Hall–Kier alpha value is -3.69. The Kier molecular flexibility index (Phi) is 7.23. The van der Waals surface area contributed by atoms with Crippen molar-refractivity contribution < 1.29 is 32.6 Å². The van der Waals surface area contributed by atoms with Crippen LogP contribution in [0.1, 0.15) is 59.2 Å². The van der Waals surface area contributed by atoms with Crippen LogP contribution >= 0.6 is 0 Å². The minimum atomic E-state index is -2.97. The summed E-state index contributed by atoms with van der Waals surface area (Å²) in [5, 5.41) is 2.93. The number of alkyl halides is 2. The summed E-state index contributed by atoms with van der Waals surface area (Å²) in [4.78, 5) is 40.9. The first-order valence-corrected chi connectivity index (χ1v) is 12.8. The van der Waals surface area contributed by atoms with Gasteiger partial charge < -0.3 is 24.6 Å². The first-order chi connectivity index (χ1) is 18.2. The number of carbonyl (C=O) groups excluding carboxylic acids is 3. The summed E-state index contributed by atoms with van der Waals surface area (Å²) >= 11 is 0. The molecule has 202 valence electrons. The van der Waals surface area contributed by atoms with Gasteiger partial charge in [0, 0.05) is 45.1 Å². The maximum absolute atomic E-state index is 13.2. The van der Waals surface area contributed by atoms with Crippen molar-refractivity contribution in [3.63, 3.8) is 0 Å². The SMILES string of the molecule is CC(=O)N1CC(c2ccc(OC(F)F)c(OCC3CC3)c2)CC1C(=O)NCc1ccc2c(c1)CN(C)C2=O.